The lowest BCUT2D eigenvalue weighted by atomic mass is 9.81. The van der Waals surface area contributed by atoms with Gasteiger partial charge in [-0.2, -0.15) is 0 Å². The van der Waals surface area contributed by atoms with Crippen LogP contribution < -0.4 is 4.90 Å². The molecule has 1 saturated carbocycles. The zero-order valence-electron chi connectivity index (χ0n) is 12.3. The highest BCUT2D eigenvalue weighted by molar-refractivity contribution is 5.82. The number of anilines is 1. The molecule has 1 N–H and O–H groups in total. The first-order chi connectivity index (χ1) is 10.3. The van der Waals surface area contributed by atoms with Gasteiger partial charge in [0.25, 0.3) is 0 Å². The summed E-state index contributed by atoms with van der Waals surface area (Å²) in [6.45, 7) is 3.10. The number of carbonyl (C=O) groups excluding carboxylic acids is 1. The molecular formula is C17H23NO3. The molecule has 0 spiro atoms. The first kappa shape index (κ1) is 14.5. The van der Waals surface area contributed by atoms with Gasteiger partial charge in [-0.1, -0.05) is 24.6 Å². The van der Waals surface area contributed by atoms with Crippen molar-refractivity contribution in [3.8, 4) is 0 Å². The van der Waals surface area contributed by atoms with Crippen molar-refractivity contribution in [1.29, 1.82) is 0 Å². The van der Waals surface area contributed by atoms with Gasteiger partial charge >= 0.3 is 0 Å². The third-order valence-corrected chi connectivity index (χ3v) is 4.59. The lowest BCUT2D eigenvalue weighted by molar-refractivity contribution is -0.128. The fourth-order valence-corrected chi connectivity index (χ4v) is 3.39. The van der Waals surface area contributed by atoms with Crippen molar-refractivity contribution in [3.05, 3.63) is 29.8 Å². The monoisotopic (exact) mass is 289 g/mol. The van der Waals surface area contributed by atoms with E-state index in [-0.39, 0.29) is 11.7 Å². The Kier molecular flexibility index (Phi) is 4.56. The molecule has 1 aliphatic heterocycles. The largest absolute Gasteiger partial charge is 0.388 e. The van der Waals surface area contributed by atoms with Crippen LogP contribution in [0.15, 0.2) is 24.3 Å². The topological polar surface area (TPSA) is 49.8 Å². The summed E-state index contributed by atoms with van der Waals surface area (Å²) in [7, 11) is 0. The molecule has 114 valence electrons. The van der Waals surface area contributed by atoms with Crippen LogP contribution in [0, 0.1) is 5.92 Å². The van der Waals surface area contributed by atoms with Gasteiger partial charge in [-0.25, -0.2) is 0 Å². The molecule has 2 fully saturated rings. The number of rotatable bonds is 3. The highest BCUT2D eigenvalue weighted by atomic mass is 16.5. The average molecular weight is 289 g/mol. The van der Waals surface area contributed by atoms with Gasteiger partial charge in [0, 0.05) is 36.7 Å². The van der Waals surface area contributed by atoms with Crippen molar-refractivity contribution in [2.45, 2.75) is 31.8 Å². The van der Waals surface area contributed by atoms with Crippen LogP contribution >= 0.6 is 0 Å². The summed E-state index contributed by atoms with van der Waals surface area (Å²) >= 11 is 0. The van der Waals surface area contributed by atoms with Crippen molar-refractivity contribution >= 4 is 11.5 Å². The summed E-state index contributed by atoms with van der Waals surface area (Å²) in [6, 6.07) is 7.92. The van der Waals surface area contributed by atoms with Gasteiger partial charge in [0.05, 0.1) is 19.3 Å². The van der Waals surface area contributed by atoms with Crippen LogP contribution in [0.4, 0.5) is 5.69 Å². The molecule has 0 amide bonds. The van der Waals surface area contributed by atoms with Gasteiger partial charge in [0.2, 0.25) is 0 Å². The molecule has 1 aromatic rings. The van der Waals surface area contributed by atoms with Gasteiger partial charge in [0.15, 0.2) is 0 Å². The SMILES string of the molecule is O=C1CCCC[C@H]1[C@H](O)c1ccccc1N1CCOCC1. The summed E-state index contributed by atoms with van der Waals surface area (Å²) in [6.07, 6.45) is 2.73. The number of carbonyl (C=O) groups is 1. The molecule has 0 bridgehead atoms. The fraction of sp³-hybridized carbons (Fsp3) is 0.588. The second-order valence-corrected chi connectivity index (χ2v) is 5.92. The van der Waals surface area contributed by atoms with E-state index in [4.69, 9.17) is 4.74 Å². The maximum atomic E-state index is 12.1. The van der Waals surface area contributed by atoms with E-state index in [0.717, 1.165) is 43.6 Å². The molecule has 3 rings (SSSR count). The fourth-order valence-electron chi connectivity index (χ4n) is 3.39. The van der Waals surface area contributed by atoms with Crippen LogP contribution in [0.2, 0.25) is 0 Å². The molecule has 4 nitrogen and oxygen atoms in total. The summed E-state index contributed by atoms with van der Waals surface area (Å²) in [4.78, 5) is 14.3. The smallest absolute Gasteiger partial charge is 0.138 e. The van der Waals surface area contributed by atoms with Crippen molar-refractivity contribution in [2.24, 2.45) is 5.92 Å². The number of aliphatic hydroxyl groups is 1. The molecule has 1 aliphatic carbocycles. The Morgan fingerprint density at radius 2 is 1.95 bits per heavy atom. The van der Waals surface area contributed by atoms with Crippen LogP contribution in [0.5, 0.6) is 0 Å². The highest BCUT2D eigenvalue weighted by Gasteiger charge is 2.32. The molecule has 1 saturated heterocycles. The van der Waals surface area contributed by atoms with E-state index < -0.39 is 6.10 Å². The number of benzene rings is 1. The summed E-state index contributed by atoms with van der Waals surface area (Å²) in [5.74, 6) is -0.0218. The van der Waals surface area contributed by atoms with Crippen LogP contribution in [0.1, 0.15) is 37.4 Å². The van der Waals surface area contributed by atoms with E-state index >= 15 is 0 Å². The minimum atomic E-state index is -0.683. The Morgan fingerprint density at radius 1 is 1.19 bits per heavy atom. The minimum absolute atomic E-state index is 0.213. The zero-order valence-corrected chi connectivity index (χ0v) is 12.3. The zero-order chi connectivity index (χ0) is 14.7. The summed E-state index contributed by atoms with van der Waals surface area (Å²) in [5.41, 5.74) is 1.94. The van der Waals surface area contributed by atoms with Gasteiger partial charge in [0.1, 0.15) is 5.78 Å². The third-order valence-electron chi connectivity index (χ3n) is 4.59. The van der Waals surface area contributed by atoms with Crippen LogP contribution in [-0.4, -0.2) is 37.2 Å². The second kappa shape index (κ2) is 6.58. The molecule has 0 unspecified atom stereocenters. The number of ketones is 1. The number of morpholine rings is 1. The number of Topliss-reactive ketones (excluding diaryl/α,β-unsaturated/α-hetero) is 1. The molecule has 21 heavy (non-hydrogen) atoms. The van der Waals surface area contributed by atoms with Crippen LogP contribution in [0.25, 0.3) is 0 Å². The van der Waals surface area contributed by atoms with Crippen LogP contribution in [-0.2, 0) is 9.53 Å². The predicted molar refractivity (Wildman–Crippen MR) is 81.4 cm³/mol. The Balaban J connectivity index is 1.85. The van der Waals surface area contributed by atoms with E-state index in [0.29, 0.717) is 19.6 Å². The second-order valence-electron chi connectivity index (χ2n) is 5.92. The maximum absolute atomic E-state index is 12.1. The molecule has 0 aromatic heterocycles. The molecular weight excluding hydrogens is 266 g/mol. The molecule has 1 heterocycles. The standard InChI is InChI=1S/C17H23NO3/c19-16-8-4-2-6-14(16)17(20)13-5-1-3-7-15(13)18-9-11-21-12-10-18/h1,3,5,7,14,17,20H,2,4,6,8-12H2/t14-,17-/m1/s1. The first-order valence-electron chi connectivity index (χ1n) is 7.90. The van der Waals surface area contributed by atoms with Gasteiger partial charge in [-0.05, 0) is 18.9 Å². The van der Waals surface area contributed by atoms with Crippen molar-refractivity contribution in [3.63, 3.8) is 0 Å². The van der Waals surface area contributed by atoms with E-state index in [1.807, 2.05) is 24.3 Å². The van der Waals surface area contributed by atoms with Gasteiger partial charge in [-0.15, -0.1) is 0 Å². The van der Waals surface area contributed by atoms with Crippen molar-refractivity contribution < 1.29 is 14.6 Å². The predicted octanol–water partition coefficient (Wildman–Crippen LogP) is 2.32. The Morgan fingerprint density at radius 3 is 2.71 bits per heavy atom. The first-order valence-corrected chi connectivity index (χ1v) is 7.90. The van der Waals surface area contributed by atoms with Crippen molar-refractivity contribution in [2.75, 3.05) is 31.2 Å². The lowest BCUT2D eigenvalue weighted by Crippen LogP contribution is -2.37. The van der Waals surface area contributed by atoms with E-state index in [1.165, 1.54) is 0 Å². The highest BCUT2D eigenvalue weighted by Crippen LogP contribution is 2.36. The summed E-state index contributed by atoms with van der Waals surface area (Å²) in [5, 5.41) is 10.7. The number of hydrogen-bond donors (Lipinski definition) is 1. The maximum Gasteiger partial charge on any atom is 0.138 e. The van der Waals surface area contributed by atoms with Crippen LogP contribution in [0.3, 0.4) is 0 Å². The Hall–Kier alpha value is -1.39. The number of hydrogen-bond acceptors (Lipinski definition) is 4. The van der Waals surface area contributed by atoms with Gasteiger partial charge < -0.3 is 14.7 Å². The molecule has 0 radical (unpaired) electrons. The molecule has 2 aliphatic rings. The third kappa shape index (κ3) is 3.11. The quantitative estimate of drug-likeness (QED) is 0.928. The van der Waals surface area contributed by atoms with E-state index in [1.54, 1.807) is 0 Å². The van der Waals surface area contributed by atoms with E-state index in [2.05, 4.69) is 4.90 Å². The molecule has 4 heteroatoms. The lowest BCUT2D eigenvalue weighted by Gasteiger charge is -2.33. The van der Waals surface area contributed by atoms with Crippen molar-refractivity contribution in [1.82, 2.24) is 0 Å². The Labute approximate surface area is 125 Å². The van der Waals surface area contributed by atoms with E-state index in [9.17, 15) is 9.90 Å². The average Bonchev–Trinajstić information content (AvgIpc) is 2.55. The number of nitrogens with zero attached hydrogens (tertiary/aromatic N) is 1. The normalized spacial score (nSPS) is 24.9. The Bertz CT molecular complexity index is 497. The number of ether oxygens (including phenoxy) is 1. The minimum Gasteiger partial charge on any atom is -0.388 e. The van der Waals surface area contributed by atoms with Gasteiger partial charge in [-0.3, -0.25) is 4.79 Å². The number of aliphatic hydroxyl groups excluding tert-OH is 1. The summed E-state index contributed by atoms with van der Waals surface area (Å²) < 4.78 is 5.40. The molecule has 1 aromatic carbocycles. The number of para-hydroxylation sites is 1. The molecule has 2 atom stereocenters.